The molecule has 1 aliphatic heterocycles. The van der Waals surface area contributed by atoms with Gasteiger partial charge in [-0.05, 0) is 25.7 Å². The molecule has 1 fully saturated rings. The Labute approximate surface area is 116 Å². The van der Waals surface area contributed by atoms with Gasteiger partial charge >= 0.3 is 0 Å². The smallest absolute Gasteiger partial charge is 0.248 e. The second kappa shape index (κ2) is 6.40. The van der Waals surface area contributed by atoms with Crippen molar-refractivity contribution in [3.8, 4) is 0 Å². The molecule has 19 heavy (non-hydrogen) atoms. The van der Waals surface area contributed by atoms with Crippen LogP contribution < -0.4 is 5.32 Å². The van der Waals surface area contributed by atoms with Gasteiger partial charge in [-0.25, -0.2) is 0 Å². The molecular formula is C15H28N2O2. The van der Waals surface area contributed by atoms with Crippen molar-refractivity contribution in [1.82, 2.24) is 10.2 Å². The summed E-state index contributed by atoms with van der Waals surface area (Å²) in [5.41, 5.74) is -0.727. The fraction of sp³-hybridized carbons (Fsp3) is 0.867. The molecule has 4 nitrogen and oxygen atoms in total. The van der Waals surface area contributed by atoms with E-state index in [4.69, 9.17) is 0 Å². The minimum Gasteiger partial charge on any atom is -0.340 e. The minimum atomic E-state index is -0.727. The SMILES string of the molecule is CCCC1C(=O)NC(C)(CC)C(=O)N1CC(C)CC. The summed E-state index contributed by atoms with van der Waals surface area (Å²) < 4.78 is 0. The van der Waals surface area contributed by atoms with Gasteiger partial charge in [-0.2, -0.15) is 0 Å². The molecule has 3 atom stereocenters. The van der Waals surface area contributed by atoms with Gasteiger partial charge in [0.25, 0.3) is 0 Å². The number of carbonyl (C=O) groups excluding carboxylic acids is 2. The summed E-state index contributed by atoms with van der Waals surface area (Å²) in [6.45, 7) is 10.8. The van der Waals surface area contributed by atoms with Crippen molar-refractivity contribution in [2.45, 2.75) is 71.9 Å². The zero-order chi connectivity index (χ0) is 14.6. The first-order valence-corrected chi connectivity index (χ1v) is 7.52. The van der Waals surface area contributed by atoms with Gasteiger partial charge in [0.05, 0.1) is 0 Å². The molecule has 2 amide bonds. The van der Waals surface area contributed by atoms with Crippen LogP contribution in [0, 0.1) is 5.92 Å². The third-order valence-electron chi connectivity index (χ3n) is 4.29. The third-order valence-corrected chi connectivity index (χ3v) is 4.29. The van der Waals surface area contributed by atoms with E-state index in [-0.39, 0.29) is 17.9 Å². The highest BCUT2D eigenvalue weighted by Gasteiger charge is 2.46. The summed E-state index contributed by atoms with van der Waals surface area (Å²) in [5.74, 6) is 0.512. The molecule has 0 aliphatic carbocycles. The molecule has 1 N–H and O–H groups in total. The van der Waals surface area contributed by atoms with Crippen molar-refractivity contribution in [2.24, 2.45) is 5.92 Å². The molecule has 0 radical (unpaired) electrons. The van der Waals surface area contributed by atoms with E-state index in [1.807, 2.05) is 25.7 Å². The lowest BCUT2D eigenvalue weighted by atomic mass is 9.89. The lowest BCUT2D eigenvalue weighted by molar-refractivity contribution is -0.155. The lowest BCUT2D eigenvalue weighted by Gasteiger charge is -2.45. The van der Waals surface area contributed by atoms with Crippen LogP contribution in [-0.4, -0.2) is 34.8 Å². The van der Waals surface area contributed by atoms with Crippen molar-refractivity contribution in [3.63, 3.8) is 0 Å². The van der Waals surface area contributed by atoms with E-state index in [0.717, 1.165) is 19.3 Å². The van der Waals surface area contributed by atoms with Crippen LogP contribution in [0.4, 0.5) is 0 Å². The highest BCUT2D eigenvalue weighted by molar-refractivity contribution is 5.99. The van der Waals surface area contributed by atoms with Gasteiger partial charge in [0.2, 0.25) is 11.8 Å². The molecule has 1 saturated heterocycles. The summed E-state index contributed by atoms with van der Waals surface area (Å²) in [4.78, 5) is 26.8. The molecule has 1 rings (SSSR count). The average Bonchev–Trinajstić information content (AvgIpc) is 2.39. The van der Waals surface area contributed by atoms with Gasteiger partial charge in [0.1, 0.15) is 11.6 Å². The van der Waals surface area contributed by atoms with E-state index >= 15 is 0 Å². The summed E-state index contributed by atoms with van der Waals surface area (Å²) in [5, 5.41) is 2.92. The zero-order valence-electron chi connectivity index (χ0n) is 13.0. The van der Waals surface area contributed by atoms with Crippen LogP contribution in [0.2, 0.25) is 0 Å². The topological polar surface area (TPSA) is 49.4 Å². The quantitative estimate of drug-likeness (QED) is 0.803. The van der Waals surface area contributed by atoms with Crippen LogP contribution in [0.25, 0.3) is 0 Å². The van der Waals surface area contributed by atoms with E-state index in [1.54, 1.807) is 0 Å². The van der Waals surface area contributed by atoms with Crippen LogP contribution >= 0.6 is 0 Å². The first-order valence-electron chi connectivity index (χ1n) is 7.52. The van der Waals surface area contributed by atoms with Gasteiger partial charge in [-0.15, -0.1) is 0 Å². The second-order valence-corrected chi connectivity index (χ2v) is 5.95. The van der Waals surface area contributed by atoms with Crippen molar-refractivity contribution >= 4 is 11.8 Å². The van der Waals surface area contributed by atoms with Crippen LogP contribution in [0.5, 0.6) is 0 Å². The number of amides is 2. The monoisotopic (exact) mass is 268 g/mol. The molecule has 110 valence electrons. The normalized spacial score (nSPS) is 29.3. The second-order valence-electron chi connectivity index (χ2n) is 5.95. The number of hydrogen-bond acceptors (Lipinski definition) is 2. The van der Waals surface area contributed by atoms with E-state index in [1.165, 1.54) is 0 Å². The molecular weight excluding hydrogens is 240 g/mol. The van der Waals surface area contributed by atoms with Crippen molar-refractivity contribution in [1.29, 1.82) is 0 Å². The van der Waals surface area contributed by atoms with Crippen LogP contribution in [-0.2, 0) is 9.59 Å². The number of rotatable bonds is 6. The summed E-state index contributed by atoms with van der Waals surface area (Å²) in [6, 6.07) is -0.286. The Kier molecular flexibility index (Phi) is 5.39. The van der Waals surface area contributed by atoms with E-state index in [0.29, 0.717) is 18.9 Å². The van der Waals surface area contributed by atoms with Crippen molar-refractivity contribution in [2.75, 3.05) is 6.54 Å². The molecule has 0 saturated carbocycles. The number of nitrogens with one attached hydrogen (secondary N) is 1. The fourth-order valence-corrected chi connectivity index (χ4v) is 2.48. The molecule has 0 aromatic heterocycles. The van der Waals surface area contributed by atoms with E-state index in [9.17, 15) is 9.59 Å². The van der Waals surface area contributed by atoms with Crippen LogP contribution in [0.3, 0.4) is 0 Å². The van der Waals surface area contributed by atoms with Gasteiger partial charge < -0.3 is 10.2 Å². The first-order chi connectivity index (χ1) is 8.89. The van der Waals surface area contributed by atoms with Crippen LogP contribution in [0.15, 0.2) is 0 Å². The largest absolute Gasteiger partial charge is 0.340 e. The zero-order valence-corrected chi connectivity index (χ0v) is 13.0. The van der Waals surface area contributed by atoms with Crippen LogP contribution in [0.1, 0.15) is 60.3 Å². The standard InChI is InChI=1S/C15H28N2O2/c1-6-9-12-13(18)16-15(5,8-3)14(19)17(12)10-11(4)7-2/h11-12H,6-10H2,1-5H3,(H,16,18). The van der Waals surface area contributed by atoms with Gasteiger partial charge in [-0.1, -0.05) is 40.5 Å². The molecule has 4 heteroatoms. The maximum Gasteiger partial charge on any atom is 0.248 e. The van der Waals surface area contributed by atoms with E-state index < -0.39 is 5.54 Å². The number of carbonyl (C=O) groups is 2. The van der Waals surface area contributed by atoms with Gasteiger partial charge in [-0.3, -0.25) is 9.59 Å². The molecule has 3 unspecified atom stereocenters. The minimum absolute atomic E-state index is 0.00843. The van der Waals surface area contributed by atoms with Gasteiger partial charge in [0.15, 0.2) is 0 Å². The first kappa shape index (κ1) is 16.0. The number of piperazine rings is 1. The maximum atomic E-state index is 12.7. The Balaban J connectivity index is 2.99. The van der Waals surface area contributed by atoms with Crippen molar-refractivity contribution in [3.05, 3.63) is 0 Å². The summed E-state index contributed by atoms with van der Waals surface area (Å²) in [7, 11) is 0. The maximum absolute atomic E-state index is 12.7. The Morgan fingerprint density at radius 3 is 2.42 bits per heavy atom. The number of hydrogen-bond donors (Lipinski definition) is 1. The Morgan fingerprint density at radius 1 is 1.32 bits per heavy atom. The molecule has 0 aromatic carbocycles. The van der Waals surface area contributed by atoms with E-state index in [2.05, 4.69) is 19.2 Å². The molecule has 0 spiro atoms. The predicted molar refractivity (Wildman–Crippen MR) is 76.7 cm³/mol. The Hall–Kier alpha value is -1.06. The fourth-order valence-electron chi connectivity index (χ4n) is 2.48. The Morgan fingerprint density at radius 2 is 1.95 bits per heavy atom. The average molecular weight is 268 g/mol. The lowest BCUT2D eigenvalue weighted by Crippen LogP contribution is -2.69. The summed E-state index contributed by atoms with van der Waals surface area (Å²) >= 11 is 0. The Bertz CT molecular complexity index is 343. The summed E-state index contributed by atoms with van der Waals surface area (Å²) in [6.07, 6.45) is 3.31. The predicted octanol–water partition coefficient (Wildman–Crippen LogP) is 2.33. The highest BCUT2D eigenvalue weighted by atomic mass is 16.2. The molecule has 0 bridgehead atoms. The van der Waals surface area contributed by atoms with Gasteiger partial charge in [0, 0.05) is 6.54 Å². The molecule has 0 aromatic rings. The number of nitrogens with zero attached hydrogens (tertiary/aromatic N) is 1. The molecule has 1 aliphatic rings. The third kappa shape index (κ3) is 3.28. The molecule has 1 heterocycles. The van der Waals surface area contributed by atoms with Crippen molar-refractivity contribution < 1.29 is 9.59 Å². The highest BCUT2D eigenvalue weighted by Crippen LogP contribution is 2.25.